The van der Waals surface area contributed by atoms with E-state index in [0.29, 0.717) is 11.6 Å². The maximum Gasteiger partial charge on any atom is 0.319 e. The van der Waals surface area contributed by atoms with Gasteiger partial charge < -0.3 is 20.5 Å². The van der Waals surface area contributed by atoms with Crippen molar-refractivity contribution in [2.24, 2.45) is 5.92 Å². The summed E-state index contributed by atoms with van der Waals surface area (Å²) < 4.78 is 5.81. The van der Waals surface area contributed by atoms with Crippen LogP contribution in [0, 0.1) is 5.92 Å². The van der Waals surface area contributed by atoms with Crippen LogP contribution in [0.25, 0.3) is 0 Å². The topological polar surface area (TPSA) is 70.6 Å². The quantitative estimate of drug-likeness (QED) is 0.755. The van der Waals surface area contributed by atoms with E-state index in [4.69, 9.17) is 9.84 Å². The molecule has 0 aromatic heterocycles. The summed E-state index contributed by atoms with van der Waals surface area (Å²) in [5.74, 6) is 1.52. The minimum Gasteiger partial charge on any atom is -0.493 e. The molecule has 0 unspecified atom stereocenters. The molecular weight excluding hydrogens is 268 g/mol. The van der Waals surface area contributed by atoms with Gasteiger partial charge in [-0.1, -0.05) is 19.3 Å². The lowest BCUT2D eigenvalue weighted by Gasteiger charge is -2.21. The van der Waals surface area contributed by atoms with Crippen LogP contribution in [0.3, 0.4) is 0 Å². The van der Waals surface area contributed by atoms with Gasteiger partial charge in [0, 0.05) is 12.2 Å². The molecule has 0 radical (unpaired) electrons. The first-order chi connectivity index (χ1) is 10.3. The Labute approximate surface area is 125 Å². The maximum absolute atomic E-state index is 11.4. The molecule has 0 heterocycles. The number of benzene rings is 1. The zero-order chi connectivity index (χ0) is 14.9. The van der Waals surface area contributed by atoms with Crippen LogP contribution in [0.1, 0.15) is 32.1 Å². The zero-order valence-electron chi connectivity index (χ0n) is 12.3. The molecule has 0 bridgehead atoms. The zero-order valence-corrected chi connectivity index (χ0v) is 12.3. The van der Waals surface area contributed by atoms with E-state index in [2.05, 4.69) is 10.6 Å². The molecule has 2 rings (SSSR count). The van der Waals surface area contributed by atoms with Crippen molar-refractivity contribution < 1.29 is 14.6 Å². The van der Waals surface area contributed by atoms with Crippen LogP contribution in [-0.4, -0.2) is 30.9 Å². The Hall–Kier alpha value is -1.75. The molecule has 0 spiro atoms. The molecule has 1 aliphatic rings. The van der Waals surface area contributed by atoms with Gasteiger partial charge in [-0.2, -0.15) is 0 Å². The van der Waals surface area contributed by atoms with Gasteiger partial charge in [0.2, 0.25) is 0 Å². The van der Waals surface area contributed by atoms with E-state index >= 15 is 0 Å². The van der Waals surface area contributed by atoms with Crippen LogP contribution in [0.4, 0.5) is 10.5 Å². The van der Waals surface area contributed by atoms with Crippen molar-refractivity contribution in [3.63, 3.8) is 0 Å². The fourth-order valence-corrected chi connectivity index (χ4v) is 2.55. The van der Waals surface area contributed by atoms with Gasteiger partial charge in [-0.15, -0.1) is 0 Å². The molecule has 2 amide bonds. The Morgan fingerprint density at radius 3 is 2.57 bits per heavy atom. The molecule has 116 valence electrons. The SMILES string of the molecule is O=C(NCCO)Nc1ccc(OCC2CCCCC2)cc1. The van der Waals surface area contributed by atoms with E-state index < -0.39 is 0 Å². The fraction of sp³-hybridized carbons (Fsp3) is 0.562. The third kappa shape index (κ3) is 5.63. The monoisotopic (exact) mass is 292 g/mol. The number of carbonyl (C=O) groups is 1. The van der Waals surface area contributed by atoms with Crippen LogP contribution in [0.15, 0.2) is 24.3 Å². The minimum absolute atomic E-state index is 0.0681. The second-order valence-electron chi connectivity index (χ2n) is 5.44. The molecule has 1 aliphatic carbocycles. The molecule has 1 aromatic carbocycles. The van der Waals surface area contributed by atoms with E-state index in [-0.39, 0.29) is 19.2 Å². The van der Waals surface area contributed by atoms with Gasteiger partial charge in [-0.25, -0.2) is 4.79 Å². The second-order valence-corrected chi connectivity index (χ2v) is 5.44. The van der Waals surface area contributed by atoms with Crippen molar-refractivity contribution in [2.45, 2.75) is 32.1 Å². The van der Waals surface area contributed by atoms with Crippen molar-refractivity contribution in [3.05, 3.63) is 24.3 Å². The van der Waals surface area contributed by atoms with Gasteiger partial charge in [0.1, 0.15) is 5.75 Å². The van der Waals surface area contributed by atoms with Crippen LogP contribution < -0.4 is 15.4 Å². The summed E-state index contributed by atoms with van der Waals surface area (Å²) >= 11 is 0. The molecule has 0 aliphatic heterocycles. The van der Waals surface area contributed by atoms with E-state index in [1.807, 2.05) is 24.3 Å². The summed E-state index contributed by atoms with van der Waals surface area (Å²) in [7, 11) is 0. The lowest BCUT2D eigenvalue weighted by Crippen LogP contribution is -2.30. The number of anilines is 1. The second kappa shape index (κ2) is 8.52. The van der Waals surface area contributed by atoms with Crippen molar-refractivity contribution >= 4 is 11.7 Å². The van der Waals surface area contributed by atoms with Gasteiger partial charge >= 0.3 is 6.03 Å². The highest BCUT2D eigenvalue weighted by Gasteiger charge is 2.13. The number of carbonyl (C=O) groups excluding carboxylic acids is 1. The average molecular weight is 292 g/mol. The molecular formula is C16H24N2O3. The predicted molar refractivity (Wildman–Crippen MR) is 82.6 cm³/mol. The largest absolute Gasteiger partial charge is 0.493 e. The van der Waals surface area contributed by atoms with Crippen LogP contribution >= 0.6 is 0 Å². The molecule has 0 saturated heterocycles. The Morgan fingerprint density at radius 2 is 1.90 bits per heavy atom. The van der Waals surface area contributed by atoms with Crippen molar-refractivity contribution in [1.82, 2.24) is 5.32 Å². The first-order valence-electron chi connectivity index (χ1n) is 7.66. The summed E-state index contributed by atoms with van der Waals surface area (Å²) in [6.07, 6.45) is 6.53. The number of aliphatic hydroxyl groups excluding tert-OH is 1. The molecule has 5 heteroatoms. The van der Waals surface area contributed by atoms with Crippen molar-refractivity contribution in [2.75, 3.05) is 25.1 Å². The van der Waals surface area contributed by atoms with E-state index in [1.165, 1.54) is 32.1 Å². The Kier molecular flexibility index (Phi) is 6.34. The summed E-state index contributed by atoms with van der Waals surface area (Å²) in [6, 6.07) is 7.04. The first-order valence-corrected chi connectivity index (χ1v) is 7.66. The minimum atomic E-state index is -0.320. The Balaban J connectivity index is 1.74. The molecule has 3 N–H and O–H groups in total. The number of hydrogen-bond donors (Lipinski definition) is 3. The fourth-order valence-electron chi connectivity index (χ4n) is 2.55. The summed E-state index contributed by atoms with van der Waals surface area (Å²) in [5, 5.41) is 13.9. The smallest absolute Gasteiger partial charge is 0.319 e. The number of urea groups is 1. The maximum atomic E-state index is 11.4. The number of ether oxygens (including phenoxy) is 1. The normalized spacial score (nSPS) is 15.5. The molecule has 1 saturated carbocycles. The summed E-state index contributed by atoms with van der Waals surface area (Å²) in [6.45, 7) is 0.958. The Morgan fingerprint density at radius 1 is 1.19 bits per heavy atom. The van der Waals surface area contributed by atoms with Crippen LogP contribution in [-0.2, 0) is 0 Å². The first kappa shape index (κ1) is 15.6. The highest BCUT2D eigenvalue weighted by molar-refractivity contribution is 5.89. The molecule has 1 fully saturated rings. The third-order valence-electron chi connectivity index (χ3n) is 3.72. The Bertz CT molecular complexity index is 428. The summed E-state index contributed by atoms with van der Waals surface area (Å²) in [4.78, 5) is 11.4. The lowest BCUT2D eigenvalue weighted by molar-refractivity contribution is 0.209. The number of nitrogens with one attached hydrogen (secondary N) is 2. The highest BCUT2D eigenvalue weighted by Crippen LogP contribution is 2.25. The lowest BCUT2D eigenvalue weighted by atomic mass is 9.90. The van der Waals surface area contributed by atoms with E-state index in [9.17, 15) is 4.79 Å². The van der Waals surface area contributed by atoms with Gasteiger partial charge in [0.05, 0.1) is 13.2 Å². The van der Waals surface area contributed by atoms with E-state index in [1.54, 1.807) is 0 Å². The average Bonchev–Trinajstić information content (AvgIpc) is 2.53. The molecule has 21 heavy (non-hydrogen) atoms. The number of aliphatic hydroxyl groups is 1. The third-order valence-corrected chi connectivity index (χ3v) is 3.72. The number of rotatable bonds is 6. The van der Waals surface area contributed by atoms with Gasteiger partial charge in [-0.05, 0) is 43.0 Å². The van der Waals surface area contributed by atoms with Crippen LogP contribution in [0.5, 0.6) is 5.75 Å². The van der Waals surface area contributed by atoms with Crippen molar-refractivity contribution in [1.29, 1.82) is 0 Å². The highest BCUT2D eigenvalue weighted by atomic mass is 16.5. The van der Waals surface area contributed by atoms with Gasteiger partial charge in [-0.3, -0.25) is 0 Å². The van der Waals surface area contributed by atoms with Crippen molar-refractivity contribution in [3.8, 4) is 5.75 Å². The van der Waals surface area contributed by atoms with Crippen LogP contribution in [0.2, 0.25) is 0 Å². The van der Waals surface area contributed by atoms with Gasteiger partial charge in [0.25, 0.3) is 0 Å². The van der Waals surface area contributed by atoms with E-state index in [0.717, 1.165) is 12.4 Å². The molecule has 1 aromatic rings. The number of amides is 2. The number of hydrogen-bond acceptors (Lipinski definition) is 3. The van der Waals surface area contributed by atoms with Gasteiger partial charge in [0.15, 0.2) is 0 Å². The molecule has 5 nitrogen and oxygen atoms in total. The predicted octanol–water partition coefficient (Wildman–Crippen LogP) is 2.76. The summed E-state index contributed by atoms with van der Waals surface area (Å²) in [5.41, 5.74) is 0.704. The molecule has 0 atom stereocenters. The standard InChI is InChI=1S/C16H24N2O3/c19-11-10-17-16(20)18-14-6-8-15(9-7-14)21-12-13-4-2-1-3-5-13/h6-9,13,19H,1-5,10-12H2,(H2,17,18,20).